The Bertz CT molecular complexity index is 791. The maximum absolute atomic E-state index is 11.2. The normalized spacial score (nSPS) is 20.0. The van der Waals surface area contributed by atoms with E-state index in [2.05, 4.69) is 48.2 Å². The largest absolute Gasteiger partial charge is 0.530 e. The lowest BCUT2D eigenvalue weighted by molar-refractivity contribution is -0.267. The Morgan fingerprint density at radius 3 is 2.14 bits per heavy atom. The van der Waals surface area contributed by atoms with E-state index in [1.807, 2.05) is 18.2 Å². The molecule has 5 heteroatoms. The Kier molecular flexibility index (Phi) is 5.38. The molecule has 5 nitrogen and oxygen atoms in total. The van der Waals surface area contributed by atoms with Crippen LogP contribution in [0.15, 0.2) is 54.6 Å². The summed E-state index contributed by atoms with van der Waals surface area (Å²) in [6, 6.07) is 18.9. The van der Waals surface area contributed by atoms with Crippen LogP contribution in [0.2, 0.25) is 0 Å². The summed E-state index contributed by atoms with van der Waals surface area (Å²) in [5, 5.41) is 11.2. The molecule has 1 aliphatic carbocycles. The van der Waals surface area contributed by atoms with Crippen molar-refractivity contribution in [2.24, 2.45) is 0 Å². The number of carbonyl (C=O) groups excluding carboxylic acids is 1. The smallest absolute Gasteiger partial charge is 0.137 e. The number of carboxylic acid groups (broad SMARTS) is 1. The van der Waals surface area contributed by atoms with Crippen LogP contribution in [-0.4, -0.2) is 54.2 Å². The van der Waals surface area contributed by atoms with E-state index in [1.165, 1.54) is 21.6 Å². The summed E-state index contributed by atoms with van der Waals surface area (Å²) >= 11 is 0. The minimum atomic E-state index is -1.07. The molecule has 1 unspecified atom stereocenters. The fourth-order valence-electron chi connectivity index (χ4n) is 4.55. The summed E-state index contributed by atoms with van der Waals surface area (Å²) in [5.74, 6) is 0. The Balaban J connectivity index is 1.51. The number of benzene rings is 2. The molecule has 2 aromatic rings. The van der Waals surface area contributed by atoms with Crippen molar-refractivity contribution in [1.29, 1.82) is 0 Å². The molecule has 0 radical (unpaired) electrons. The van der Waals surface area contributed by atoms with Crippen LogP contribution < -0.4 is 5.11 Å². The van der Waals surface area contributed by atoms with Crippen LogP contribution in [0.4, 0.5) is 4.79 Å². The molecule has 0 bridgehead atoms. The van der Waals surface area contributed by atoms with Gasteiger partial charge in [0.15, 0.2) is 0 Å². The van der Waals surface area contributed by atoms with Crippen molar-refractivity contribution < 1.29 is 14.6 Å². The molecule has 0 N–H and O–H groups in total. The molecular weight excluding hydrogens is 352 g/mol. The van der Waals surface area contributed by atoms with Crippen molar-refractivity contribution >= 4 is 6.09 Å². The maximum atomic E-state index is 11.2. The number of ether oxygens (including phenoxy) is 1. The van der Waals surface area contributed by atoms with E-state index < -0.39 is 6.09 Å². The zero-order valence-corrected chi connectivity index (χ0v) is 16.3. The third-order valence-corrected chi connectivity index (χ3v) is 6.24. The van der Waals surface area contributed by atoms with E-state index in [4.69, 9.17) is 4.74 Å². The Hall–Kier alpha value is -2.37. The lowest BCUT2D eigenvalue weighted by atomic mass is 9.93. The molecule has 0 spiro atoms. The lowest BCUT2D eigenvalue weighted by Gasteiger charge is -2.46. The molecule has 0 aromatic heterocycles. The Morgan fingerprint density at radius 2 is 1.57 bits per heavy atom. The predicted molar refractivity (Wildman–Crippen MR) is 106 cm³/mol. The molecule has 1 fully saturated rings. The number of hydrogen-bond donors (Lipinski definition) is 0. The third kappa shape index (κ3) is 3.77. The van der Waals surface area contributed by atoms with Crippen molar-refractivity contribution in [2.45, 2.75) is 31.4 Å². The summed E-state index contributed by atoms with van der Waals surface area (Å²) in [6.45, 7) is 5.14. The second kappa shape index (κ2) is 7.94. The molecule has 148 valence electrons. The van der Waals surface area contributed by atoms with E-state index in [-0.39, 0.29) is 11.6 Å². The van der Waals surface area contributed by atoms with Gasteiger partial charge in [-0.25, -0.2) is 0 Å². The first-order valence-corrected chi connectivity index (χ1v) is 10.0. The molecule has 1 saturated heterocycles. The number of piperazine rings is 1. The second-order valence-electron chi connectivity index (χ2n) is 7.95. The molecule has 4 rings (SSSR count). The molecule has 1 aliphatic heterocycles. The molecule has 0 saturated carbocycles. The van der Waals surface area contributed by atoms with Crippen molar-refractivity contribution in [2.75, 3.05) is 32.8 Å². The van der Waals surface area contributed by atoms with Crippen LogP contribution in [0.25, 0.3) is 0 Å². The van der Waals surface area contributed by atoms with Gasteiger partial charge in [0.05, 0.1) is 18.2 Å². The predicted octanol–water partition coefficient (Wildman–Crippen LogP) is 2.26. The van der Waals surface area contributed by atoms with Crippen molar-refractivity contribution in [1.82, 2.24) is 9.80 Å². The van der Waals surface area contributed by atoms with Crippen LogP contribution in [0.5, 0.6) is 0 Å². The number of fused-ring (bicyclic) bond motifs is 1. The Labute approximate surface area is 166 Å². The molecule has 28 heavy (non-hydrogen) atoms. The van der Waals surface area contributed by atoms with Gasteiger partial charge in [0, 0.05) is 26.2 Å². The Morgan fingerprint density at radius 1 is 1.00 bits per heavy atom. The third-order valence-electron chi connectivity index (χ3n) is 6.24. The van der Waals surface area contributed by atoms with Crippen molar-refractivity contribution in [3.05, 3.63) is 71.3 Å². The van der Waals surface area contributed by atoms with Gasteiger partial charge in [0.2, 0.25) is 0 Å². The van der Waals surface area contributed by atoms with Crippen LogP contribution in [0.1, 0.15) is 29.7 Å². The fraction of sp³-hybridized carbons (Fsp3) is 0.435. The molecule has 2 aromatic carbocycles. The van der Waals surface area contributed by atoms with Gasteiger partial charge in [-0.15, -0.1) is 0 Å². The second-order valence-corrected chi connectivity index (χ2v) is 7.95. The SMILES string of the molecule is CC(OCC1(N2CCN(C(=O)[O-])CC2)Cc2ccccc2C1)c1ccccc1. The zero-order valence-electron chi connectivity index (χ0n) is 16.3. The molecule has 2 aliphatic rings. The molecular formula is C23H27N2O3-. The highest BCUT2D eigenvalue weighted by atomic mass is 16.5. The average Bonchev–Trinajstić information content (AvgIpc) is 3.12. The summed E-state index contributed by atoms with van der Waals surface area (Å²) in [4.78, 5) is 15.0. The molecule has 1 heterocycles. The van der Waals surface area contributed by atoms with Crippen molar-refractivity contribution in [3.63, 3.8) is 0 Å². The van der Waals surface area contributed by atoms with Gasteiger partial charge in [-0.1, -0.05) is 54.6 Å². The number of amides is 1. The number of hydrogen-bond acceptors (Lipinski definition) is 4. The number of rotatable bonds is 5. The van der Waals surface area contributed by atoms with Gasteiger partial charge in [-0.2, -0.15) is 0 Å². The lowest BCUT2D eigenvalue weighted by Crippen LogP contribution is -2.61. The minimum absolute atomic E-state index is 0.0197. The number of nitrogens with zero attached hydrogens (tertiary/aromatic N) is 2. The van der Waals surface area contributed by atoms with Crippen LogP contribution in [0.3, 0.4) is 0 Å². The van der Waals surface area contributed by atoms with Gasteiger partial charge < -0.3 is 19.5 Å². The van der Waals surface area contributed by atoms with Gasteiger partial charge >= 0.3 is 0 Å². The minimum Gasteiger partial charge on any atom is -0.530 e. The summed E-state index contributed by atoms with van der Waals surface area (Å²) in [6.07, 6.45) is 0.829. The van der Waals surface area contributed by atoms with Crippen LogP contribution >= 0.6 is 0 Å². The highest BCUT2D eigenvalue weighted by molar-refractivity contribution is 5.62. The van der Waals surface area contributed by atoms with Crippen LogP contribution in [0, 0.1) is 0 Å². The monoisotopic (exact) mass is 379 g/mol. The van der Waals surface area contributed by atoms with E-state index in [0.29, 0.717) is 32.8 Å². The number of carbonyl (C=O) groups is 1. The van der Waals surface area contributed by atoms with E-state index >= 15 is 0 Å². The van der Waals surface area contributed by atoms with Gasteiger partial charge in [-0.05, 0) is 36.5 Å². The zero-order chi connectivity index (χ0) is 19.6. The molecule has 1 atom stereocenters. The fourth-order valence-corrected chi connectivity index (χ4v) is 4.55. The first-order chi connectivity index (χ1) is 13.6. The highest BCUT2D eigenvalue weighted by Gasteiger charge is 2.43. The summed E-state index contributed by atoms with van der Waals surface area (Å²) in [5.41, 5.74) is 3.81. The van der Waals surface area contributed by atoms with Gasteiger partial charge in [0.25, 0.3) is 0 Å². The average molecular weight is 379 g/mol. The maximum Gasteiger partial charge on any atom is 0.137 e. The van der Waals surface area contributed by atoms with E-state index in [0.717, 1.165) is 12.8 Å². The topological polar surface area (TPSA) is 55.8 Å². The molecule has 1 amide bonds. The van der Waals surface area contributed by atoms with E-state index in [9.17, 15) is 9.90 Å². The van der Waals surface area contributed by atoms with Crippen LogP contribution in [-0.2, 0) is 17.6 Å². The quantitative estimate of drug-likeness (QED) is 0.800. The van der Waals surface area contributed by atoms with Gasteiger partial charge in [0.1, 0.15) is 6.09 Å². The summed E-state index contributed by atoms with van der Waals surface area (Å²) < 4.78 is 6.39. The standard InChI is InChI=1S/C23H28N2O3/c1-18(19-7-3-2-4-8-19)28-17-23(15-20-9-5-6-10-21(20)16-23)25-13-11-24(12-14-25)22(26)27/h2-10,18H,11-17H2,1H3,(H,26,27)/p-1. The summed E-state index contributed by atoms with van der Waals surface area (Å²) in [7, 11) is 0. The first-order valence-electron chi connectivity index (χ1n) is 10.0. The highest BCUT2D eigenvalue weighted by Crippen LogP contribution is 2.36. The van der Waals surface area contributed by atoms with Crippen molar-refractivity contribution in [3.8, 4) is 0 Å². The van der Waals surface area contributed by atoms with Gasteiger partial charge in [-0.3, -0.25) is 4.90 Å². The van der Waals surface area contributed by atoms with E-state index in [1.54, 1.807) is 0 Å². The first kappa shape index (κ1) is 19.0.